The van der Waals surface area contributed by atoms with E-state index in [2.05, 4.69) is 10.0 Å². The summed E-state index contributed by atoms with van der Waals surface area (Å²) in [5, 5.41) is 3.82. The zero-order valence-electron chi connectivity index (χ0n) is 14.5. The lowest BCUT2D eigenvalue weighted by Gasteiger charge is -2.13. The molecule has 2 N–H and O–H groups in total. The summed E-state index contributed by atoms with van der Waals surface area (Å²) in [6.45, 7) is 5.47. The van der Waals surface area contributed by atoms with Gasteiger partial charge in [-0.25, -0.2) is 13.1 Å². The van der Waals surface area contributed by atoms with Crippen LogP contribution in [0.3, 0.4) is 0 Å². The van der Waals surface area contributed by atoms with E-state index in [0.29, 0.717) is 0 Å². The Bertz CT molecular complexity index is 865. The highest BCUT2D eigenvalue weighted by Gasteiger charge is 2.11. The Morgan fingerprint density at radius 2 is 1.64 bits per heavy atom. The van der Waals surface area contributed by atoms with Gasteiger partial charge < -0.3 is 5.32 Å². The molecule has 2 rings (SSSR count). The summed E-state index contributed by atoms with van der Waals surface area (Å²) < 4.78 is 26.2. The Hall–Kier alpha value is -2.44. The summed E-state index contributed by atoms with van der Waals surface area (Å²) in [5.41, 5.74) is 4.48. The lowest BCUT2D eigenvalue weighted by atomic mass is 10.1. The van der Waals surface area contributed by atoms with Gasteiger partial charge in [-0.1, -0.05) is 48.0 Å². The predicted octanol–water partition coefficient (Wildman–Crippen LogP) is 3.14. The fourth-order valence-corrected chi connectivity index (χ4v) is 3.27. The molecule has 2 aromatic rings. The maximum Gasteiger partial charge on any atom is 0.239 e. The Balaban J connectivity index is 1.96. The topological polar surface area (TPSA) is 75.3 Å². The Labute approximate surface area is 148 Å². The summed E-state index contributed by atoms with van der Waals surface area (Å²) in [5.74, 6) is -0.410. The standard InChI is InChI=1S/C19H22N2O3S/c1-14-11-15(2)19(16(3)12-14)21-18(22)13-20-25(23,24)10-9-17-7-5-4-6-8-17/h4-12,20H,13H2,1-3H3,(H,21,22)/b10-9+. The Morgan fingerprint density at radius 3 is 2.24 bits per heavy atom. The van der Waals surface area contributed by atoms with Crippen molar-refractivity contribution >= 4 is 27.7 Å². The fraction of sp³-hybridized carbons (Fsp3) is 0.211. The van der Waals surface area contributed by atoms with Gasteiger partial charge in [0.05, 0.1) is 6.54 Å². The lowest BCUT2D eigenvalue weighted by Crippen LogP contribution is -2.32. The number of carbonyl (C=O) groups excluding carboxylic acids is 1. The summed E-state index contributed by atoms with van der Waals surface area (Å²) in [6.07, 6.45) is 1.48. The van der Waals surface area contributed by atoms with Crippen LogP contribution in [0.1, 0.15) is 22.3 Å². The number of benzene rings is 2. The van der Waals surface area contributed by atoms with Crippen molar-refractivity contribution < 1.29 is 13.2 Å². The molecule has 0 atom stereocenters. The minimum atomic E-state index is -3.69. The zero-order valence-corrected chi connectivity index (χ0v) is 15.4. The lowest BCUT2D eigenvalue weighted by molar-refractivity contribution is -0.115. The van der Waals surface area contributed by atoms with Gasteiger partial charge in [0.1, 0.15) is 0 Å². The number of rotatable bonds is 6. The Kier molecular flexibility index (Phi) is 6.12. The minimum Gasteiger partial charge on any atom is -0.324 e. The fourth-order valence-electron chi connectivity index (χ4n) is 2.51. The van der Waals surface area contributed by atoms with Crippen LogP contribution in [0.25, 0.3) is 6.08 Å². The molecule has 0 spiro atoms. The predicted molar refractivity (Wildman–Crippen MR) is 102 cm³/mol. The molecular weight excluding hydrogens is 336 g/mol. The third-order valence-electron chi connectivity index (χ3n) is 3.61. The molecule has 0 aliphatic carbocycles. The number of aryl methyl sites for hydroxylation is 3. The normalized spacial score (nSPS) is 11.6. The number of hydrogen-bond acceptors (Lipinski definition) is 3. The molecule has 0 fully saturated rings. The van der Waals surface area contributed by atoms with Crippen molar-refractivity contribution in [1.82, 2.24) is 4.72 Å². The van der Waals surface area contributed by atoms with Gasteiger partial charge in [0.15, 0.2) is 0 Å². The number of amides is 1. The van der Waals surface area contributed by atoms with Crippen molar-refractivity contribution in [3.05, 3.63) is 70.1 Å². The molecule has 2 aromatic carbocycles. The summed E-state index contributed by atoms with van der Waals surface area (Å²) in [4.78, 5) is 12.1. The molecule has 0 saturated carbocycles. The van der Waals surface area contributed by atoms with E-state index >= 15 is 0 Å². The van der Waals surface area contributed by atoms with Crippen LogP contribution in [0.4, 0.5) is 5.69 Å². The maximum absolute atomic E-state index is 12.1. The van der Waals surface area contributed by atoms with Crippen LogP contribution in [0.5, 0.6) is 0 Å². The van der Waals surface area contributed by atoms with Gasteiger partial charge in [-0.2, -0.15) is 0 Å². The number of sulfonamides is 1. The van der Waals surface area contributed by atoms with Crippen LogP contribution in [-0.2, 0) is 14.8 Å². The van der Waals surface area contributed by atoms with E-state index in [1.165, 1.54) is 6.08 Å². The van der Waals surface area contributed by atoms with Gasteiger partial charge in [-0.15, -0.1) is 0 Å². The SMILES string of the molecule is Cc1cc(C)c(NC(=O)CNS(=O)(=O)/C=C/c2ccccc2)c(C)c1. The molecule has 0 aliphatic rings. The Morgan fingerprint density at radius 1 is 1.04 bits per heavy atom. The molecule has 6 heteroatoms. The second-order valence-electron chi connectivity index (χ2n) is 5.90. The van der Waals surface area contributed by atoms with Gasteiger partial charge >= 0.3 is 0 Å². The zero-order chi connectivity index (χ0) is 18.4. The van der Waals surface area contributed by atoms with E-state index in [4.69, 9.17) is 0 Å². The first-order chi connectivity index (χ1) is 11.8. The van der Waals surface area contributed by atoms with Crippen LogP contribution in [0.2, 0.25) is 0 Å². The second kappa shape index (κ2) is 8.09. The average Bonchev–Trinajstić information content (AvgIpc) is 2.56. The molecule has 5 nitrogen and oxygen atoms in total. The van der Waals surface area contributed by atoms with Crippen LogP contribution in [-0.4, -0.2) is 20.9 Å². The molecule has 0 bridgehead atoms. The first kappa shape index (κ1) is 18.9. The number of carbonyl (C=O) groups is 1. The molecule has 0 aliphatic heterocycles. The van der Waals surface area contributed by atoms with Crippen molar-refractivity contribution in [1.29, 1.82) is 0 Å². The molecule has 0 aromatic heterocycles. The molecule has 132 valence electrons. The van der Waals surface area contributed by atoms with Gasteiger partial charge in [-0.3, -0.25) is 4.79 Å². The number of nitrogens with one attached hydrogen (secondary N) is 2. The smallest absolute Gasteiger partial charge is 0.239 e. The van der Waals surface area contributed by atoms with Gasteiger partial charge in [0, 0.05) is 11.1 Å². The second-order valence-corrected chi connectivity index (χ2v) is 7.55. The molecule has 0 saturated heterocycles. The van der Waals surface area contributed by atoms with Gasteiger partial charge in [0.25, 0.3) is 0 Å². The third kappa shape index (κ3) is 5.85. The third-order valence-corrected chi connectivity index (χ3v) is 4.66. The van der Waals surface area contributed by atoms with E-state index in [9.17, 15) is 13.2 Å². The van der Waals surface area contributed by atoms with E-state index < -0.39 is 15.9 Å². The van der Waals surface area contributed by atoms with Crippen LogP contribution in [0.15, 0.2) is 47.9 Å². The van der Waals surface area contributed by atoms with Crippen molar-refractivity contribution in [2.75, 3.05) is 11.9 Å². The summed E-state index contributed by atoms with van der Waals surface area (Å²) >= 11 is 0. The average molecular weight is 358 g/mol. The van der Waals surface area contributed by atoms with E-state index in [0.717, 1.165) is 33.3 Å². The minimum absolute atomic E-state index is 0.325. The first-order valence-corrected chi connectivity index (χ1v) is 9.42. The van der Waals surface area contributed by atoms with Crippen molar-refractivity contribution in [2.45, 2.75) is 20.8 Å². The first-order valence-electron chi connectivity index (χ1n) is 7.87. The van der Waals surface area contributed by atoms with Gasteiger partial charge in [-0.05, 0) is 43.5 Å². The monoisotopic (exact) mass is 358 g/mol. The largest absolute Gasteiger partial charge is 0.324 e. The summed E-state index contributed by atoms with van der Waals surface area (Å²) in [7, 11) is -3.69. The van der Waals surface area contributed by atoms with E-state index in [1.54, 1.807) is 12.1 Å². The van der Waals surface area contributed by atoms with Crippen molar-refractivity contribution in [3.63, 3.8) is 0 Å². The maximum atomic E-state index is 12.1. The highest BCUT2D eigenvalue weighted by Crippen LogP contribution is 2.21. The highest BCUT2D eigenvalue weighted by molar-refractivity contribution is 7.92. The molecule has 0 radical (unpaired) electrons. The molecular formula is C19H22N2O3S. The molecule has 1 amide bonds. The van der Waals surface area contributed by atoms with E-state index in [1.807, 2.05) is 51.1 Å². The van der Waals surface area contributed by atoms with E-state index in [-0.39, 0.29) is 6.54 Å². The quantitative estimate of drug-likeness (QED) is 0.833. The van der Waals surface area contributed by atoms with Crippen LogP contribution >= 0.6 is 0 Å². The number of anilines is 1. The molecule has 0 unspecified atom stereocenters. The number of hydrogen-bond donors (Lipinski definition) is 2. The van der Waals surface area contributed by atoms with Crippen molar-refractivity contribution in [2.24, 2.45) is 0 Å². The van der Waals surface area contributed by atoms with Crippen molar-refractivity contribution in [3.8, 4) is 0 Å². The molecule has 25 heavy (non-hydrogen) atoms. The van der Waals surface area contributed by atoms with Crippen LogP contribution < -0.4 is 10.0 Å². The van der Waals surface area contributed by atoms with Crippen LogP contribution in [0, 0.1) is 20.8 Å². The molecule has 0 heterocycles. The van der Waals surface area contributed by atoms with Gasteiger partial charge in [0.2, 0.25) is 15.9 Å². The highest BCUT2D eigenvalue weighted by atomic mass is 32.2. The summed E-state index contributed by atoms with van der Waals surface area (Å²) in [6, 6.07) is 13.0.